The molecule has 0 fully saturated rings. The Balaban J connectivity index is 2.03. The molecule has 4 nitrogen and oxygen atoms in total. The van der Waals surface area contributed by atoms with Gasteiger partial charge in [0.15, 0.2) is 5.82 Å². The molecule has 1 aromatic carbocycles. The number of nitrogens with one attached hydrogen (secondary N) is 1. The maximum absolute atomic E-state index is 9.50. The average Bonchev–Trinajstić information content (AvgIpc) is 3.10. The van der Waals surface area contributed by atoms with Crippen LogP contribution in [0.5, 0.6) is 0 Å². The Morgan fingerprint density at radius 3 is 2.78 bits per heavy atom. The predicted octanol–water partition coefficient (Wildman–Crippen LogP) is 3.88. The number of hydrogen-bond acceptors (Lipinski definition) is 6. The molecule has 0 spiro atoms. The number of aromatic nitrogens is 2. The van der Waals surface area contributed by atoms with Gasteiger partial charge in [-0.1, -0.05) is 12.1 Å². The average molecular weight is 345 g/mol. The van der Waals surface area contributed by atoms with Crippen molar-refractivity contribution >= 4 is 39.8 Å². The van der Waals surface area contributed by atoms with E-state index in [1.165, 1.54) is 0 Å². The number of rotatable bonds is 6. The summed E-state index contributed by atoms with van der Waals surface area (Å²) in [7, 11) is 0. The molecule has 0 aliphatic carbocycles. The van der Waals surface area contributed by atoms with Gasteiger partial charge in [0.1, 0.15) is 5.82 Å². The number of para-hydroxylation sites is 1. The summed E-state index contributed by atoms with van der Waals surface area (Å²) < 4.78 is 0. The molecule has 2 N–H and O–H groups in total. The highest BCUT2D eigenvalue weighted by atomic mass is 32.2. The number of aliphatic hydroxyl groups excluding tert-OH is 1. The molecule has 120 valence electrons. The lowest BCUT2D eigenvalue weighted by molar-refractivity contribution is 0.288. The zero-order chi connectivity index (χ0) is 16.2. The quantitative estimate of drug-likeness (QED) is 0.710. The minimum atomic E-state index is 0.101. The standard InChI is InChI=1S/C17H19N3OS2/c1-11(15(9-21)22-2)18-17-13-5-3-4-6-14(13)19-16(20-17)12-7-8-23-10-12/h3-8,10-11,15,21H,9H2,1-2H3,(H,18,19,20). The Kier molecular flexibility index (Phi) is 5.15. The number of anilines is 1. The first-order valence-electron chi connectivity index (χ1n) is 7.42. The van der Waals surface area contributed by atoms with Crippen LogP contribution in [0.1, 0.15) is 6.92 Å². The zero-order valence-electron chi connectivity index (χ0n) is 13.1. The van der Waals surface area contributed by atoms with Gasteiger partial charge >= 0.3 is 0 Å². The molecule has 3 aromatic rings. The monoisotopic (exact) mass is 345 g/mol. The second kappa shape index (κ2) is 7.29. The molecule has 2 aromatic heterocycles. The molecule has 0 radical (unpaired) electrons. The van der Waals surface area contributed by atoms with Crippen LogP contribution in [0.4, 0.5) is 5.82 Å². The third-order valence-electron chi connectivity index (χ3n) is 3.79. The fourth-order valence-electron chi connectivity index (χ4n) is 2.45. The summed E-state index contributed by atoms with van der Waals surface area (Å²) in [5.41, 5.74) is 1.95. The minimum absolute atomic E-state index is 0.101. The number of thiophene rings is 1. The largest absolute Gasteiger partial charge is 0.395 e. The molecule has 0 saturated carbocycles. The van der Waals surface area contributed by atoms with Gasteiger partial charge in [-0.05, 0) is 36.8 Å². The molecule has 0 aliphatic heterocycles. The minimum Gasteiger partial charge on any atom is -0.395 e. The summed E-state index contributed by atoms with van der Waals surface area (Å²) in [6, 6.07) is 10.1. The molecule has 2 atom stereocenters. The van der Waals surface area contributed by atoms with E-state index in [1.807, 2.05) is 42.0 Å². The summed E-state index contributed by atoms with van der Waals surface area (Å²) in [4.78, 5) is 9.40. The Bertz CT molecular complexity index is 773. The maximum Gasteiger partial charge on any atom is 0.162 e. The number of nitrogens with zero attached hydrogens (tertiary/aromatic N) is 2. The van der Waals surface area contributed by atoms with Crippen molar-refractivity contribution < 1.29 is 5.11 Å². The van der Waals surface area contributed by atoms with Gasteiger partial charge in [0.05, 0.1) is 12.1 Å². The van der Waals surface area contributed by atoms with Gasteiger partial charge in [0.25, 0.3) is 0 Å². The van der Waals surface area contributed by atoms with E-state index < -0.39 is 0 Å². The van der Waals surface area contributed by atoms with Gasteiger partial charge in [-0.15, -0.1) is 0 Å². The highest BCUT2D eigenvalue weighted by Gasteiger charge is 2.17. The van der Waals surface area contributed by atoms with E-state index in [0.717, 1.165) is 28.1 Å². The molecular weight excluding hydrogens is 326 g/mol. The molecule has 23 heavy (non-hydrogen) atoms. The van der Waals surface area contributed by atoms with Crippen LogP contribution in [0.2, 0.25) is 0 Å². The van der Waals surface area contributed by atoms with Gasteiger partial charge in [-0.25, -0.2) is 9.97 Å². The van der Waals surface area contributed by atoms with E-state index in [1.54, 1.807) is 23.1 Å². The lowest BCUT2D eigenvalue weighted by Gasteiger charge is -2.22. The third-order valence-corrected chi connectivity index (χ3v) is 5.63. The topological polar surface area (TPSA) is 58.0 Å². The molecule has 6 heteroatoms. The van der Waals surface area contributed by atoms with Crippen LogP contribution in [-0.2, 0) is 0 Å². The second-order valence-electron chi connectivity index (χ2n) is 5.31. The van der Waals surface area contributed by atoms with Crippen molar-refractivity contribution in [3.63, 3.8) is 0 Å². The van der Waals surface area contributed by atoms with Crippen molar-refractivity contribution in [1.29, 1.82) is 0 Å². The van der Waals surface area contributed by atoms with Crippen molar-refractivity contribution in [2.24, 2.45) is 0 Å². The van der Waals surface area contributed by atoms with E-state index in [0.29, 0.717) is 0 Å². The first kappa shape index (κ1) is 16.2. The van der Waals surface area contributed by atoms with Crippen LogP contribution in [0.25, 0.3) is 22.3 Å². The first-order valence-corrected chi connectivity index (χ1v) is 9.65. The van der Waals surface area contributed by atoms with E-state index in [-0.39, 0.29) is 17.9 Å². The van der Waals surface area contributed by atoms with Crippen molar-refractivity contribution in [1.82, 2.24) is 9.97 Å². The second-order valence-corrected chi connectivity index (χ2v) is 7.17. The Labute approximate surface area is 144 Å². The van der Waals surface area contributed by atoms with Crippen LogP contribution in [0.15, 0.2) is 41.1 Å². The fourth-order valence-corrected chi connectivity index (χ4v) is 3.71. The van der Waals surface area contributed by atoms with Crippen LogP contribution >= 0.6 is 23.1 Å². The van der Waals surface area contributed by atoms with Gasteiger partial charge in [-0.3, -0.25) is 0 Å². The Hall–Kier alpha value is -1.63. The summed E-state index contributed by atoms with van der Waals surface area (Å²) in [6.45, 7) is 2.20. The predicted molar refractivity (Wildman–Crippen MR) is 100 cm³/mol. The molecular formula is C17H19N3OS2. The summed E-state index contributed by atoms with van der Waals surface area (Å²) >= 11 is 3.29. The van der Waals surface area contributed by atoms with E-state index in [4.69, 9.17) is 4.98 Å². The Morgan fingerprint density at radius 2 is 2.09 bits per heavy atom. The summed E-state index contributed by atoms with van der Waals surface area (Å²) in [5.74, 6) is 1.54. The van der Waals surface area contributed by atoms with E-state index >= 15 is 0 Å². The molecule has 2 heterocycles. The molecule has 0 amide bonds. The normalized spacial score (nSPS) is 13.9. The molecule has 0 bridgehead atoms. The fraction of sp³-hybridized carbons (Fsp3) is 0.294. The van der Waals surface area contributed by atoms with Crippen molar-refractivity contribution in [3.8, 4) is 11.4 Å². The number of benzene rings is 1. The van der Waals surface area contributed by atoms with E-state index in [2.05, 4.69) is 22.6 Å². The van der Waals surface area contributed by atoms with Gasteiger partial charge in [-0.2, -0.15) is 23.1 Å². The SMILES string of the molecule is CSC(CO)C(C)Nc1nc(-c2ccsc2)nc2ccccc12. The zero-order valence-corrected chi connectivity index (χ0v) is 14.7. The van der Waals surface area contributed by atoms with Crippen molar-refractivity contribution in [2.45, 2.75) is 18.2 Å². The van der Waals surface area contributed by atoms with Crippen LogP contribution in [0.3, 0.4) is 0 Å². The van der Waals surface area contributed by atoms with E-state index in [9.17, 15) is 5.11 Å². The molecule has 0 saturated heterocycles. The summed E-state index contributed by atoms with van der Waals surface area (Å²) in [6.07, 6.45) is 2.01. The molecule has 0 aliphatic rings. The lowest BCUT2D eigenvalue weighted by atomic mass is 10.2. The number of aliphatic hydroxyl groups is 1. The first-order chi connectivity index (χ1) is 11.2. The summed E-state index contributed by atoms with van der Waals surface area (Å²) in [5, 5.41) is 18.2. The van der Waals surface area contributed by atoms with Crippen LogP contribution in [-0.4, -0.2) is 39.2 Å². The Morgan fingerprint density at radius 1 is 1.26 bits per heavy atom. The third kappa shape index (κ3) is 3.49. The van der Waals surface area contributed by atoms with Gasteiger partial charge < -0.3 is 10.4 Å². The number of fused-ring (bicyclic) bond motifs is 1. The van der Waals surface area contributed by atoms with Crippen molar-refractivity contribution in [2.75, 3.05) is 18.2 Å². The van der Waals surface area contributed by atoms with Crippen LogP contribution < -0.4 is 5.32 Å². The van der Waals surface area contributed by atoms with Gasteiger partial charge in [0, 0.05) is 27.6 Å². The lowest BCUT2D eigenvalue weighted by Crippen LogP contribution is -2.31. The number of hydrogen-bond donors (Lipinski definition) is 2. The molecule has 2 unspecified atom stereocenters. The number of thioether (sulfide) groups is 1. The van der Waals surface area contributed by atoms with Crippen molar-refractivity contribution in [3.05, 3.63) is 41.1 Å². The van der Waals surface area contributed by atoms with Gasteiger partial charge in [0.2, 0.25) is 0 Å². The smallest absolute Gasteiger partial charge is 0.162 e. The molecule has 3 rings (SSSR count). The van der Waals surface area contributed by atoms with Crippen LogP contribution in [0, 0.1) is 0 Å². The highest BCUT2D eigenvalue weighted by molar-refractivity contribution is 7.99. The maximum atomic E-state index is 9.50. The highest BCUT2D eigenvalue weighted by Crippen LogP contribution is 2.27.